The van der Waals surface area contributed by atoms with Crippen LogP contribution in [0.3, 0.4) is 0 Å². The average molecular weight is 352 g/mol. The summed E-state index contributed by atoms with van der Waals surface area (Å²) < 4.78 is 1.45. The predicted molar refractivity (Wildman–Crippen MR) is 83.1 cm³/mol. The van der Waals surface area contributed by atoms with Gasteiger partial charge in [-0.1, -0.05) is 17.7 Å². The molecule has 0 aromatic carbocycles. The first kappa shape index (κ1) is 15.9. The van der Waals surface area contributed by atoms with E-state index < -0.39 is 12.0 Å². The first-order valence-corrected chi connectivity index (χ1v) is 8.56. The molecule has 11 heteroatoms. The maximum atomic E-state index is 11.9. The van der Waals surface area contributed by atoms with Gasteiger partial charge < -0.3 is 10.8 Å². The number of hydrogen-bond donors (Lipinski definition) is 2. The largest absolute Gasteiger partial charge is 0.477 e. The van der Waals surface area contributed by atoms with E-state index in [1.165, 1.54) is 33.1 Å². The summed E-state index contributed by atoms with van der Waals surface area (Å²) in [5.74, 6) is 1.79. The number of thioether (sulfide) groups is 2. The van der Waals surface area contributed by atoms with Crippen molar-refractivity contribution in [3.63, 3.8) is 0 Å². The smallest absolute Gasteiger partial charge is 0.352 e. The lowest BCUT2D eigenvalue weighted by Gasteiger charge is -2.48. The Morgan fingerprint density at radius 3 is 3.09 bits per heavy atom. The third kappa shape index (κ3) is 2.69. The molecule has 1 fully saturated rings. The van der Waals surface area contributed by atoms with Crippen LogP contribution in [0.2, 0.25) is 0 Å². The van der Waals surface area contributed by atoms with Crippen molar-refractivity contribution in [2.75, 3.05) is 11.5 Å². The van der Waals surface area contributed by atoms with Crippen LogP contribution in [0.1, 0.15) is 0 Å². The van der Waals surface area contributed by atoms with Crippen LogP contribution >= 0.6 is 23.5 Å². The minimum atomic E-state index is -1.13. The molecule has 1 unspecified atom stereocenters. The fraction of sp³-hybridized carbons (Fsp3) is 0.417. The van der Waals surface area contributed by atoms with Gasteiger partial charge >= 0.3 is 5.97 Å². The molecule has 0 saturated carbocycles. The normalized spacial score (nSPS) is 23.3. The molecule has 120 valence electrons. The number of amides is 1. The van der Waals surface area contributed by atoms with E-state index in [4.69, 9.17) is 12.2 Å². The lowest BCUT2D eigenvalue weighted by atomic mass is 10.0. The second-order valence-corrected chi connectivity index (χ2v) is 6.85. The van der Waals surface area contributed by atoms with Gasteiger partial charge in [0.1, 0.15) is 23.7 Å². The molecule has 3 heterocycles. The Morgan fingerprint density at radius 2 is 2.39 bits per heavy atom. The number of carboxylic acid groups (broad SMARTS) is 1. The number of aliphatic carboxylic acids is 1. The van der Waals surface area contributed by atoms with E-state index in [9.17, 15) is 14.7 Å². The van der Waals surface area contributed by atoms with Gasteiger partial charge in [-0.2, -0.15) is 0 Å². The van der Waals surface area contributed by atoms with Crippen LogP contribution in [0.25, 0.3) is 0 Å². The number of rotatable bonds is 5. The molecule has 3 rings (SSSR count). The maximum Gasteiger partial charge on any atom is 0.352 e. The molecule has 2 aliphatic heterocycles. The monoisotopic (exact) mass is 352 g/mol. The highest BCUT2D eigenvalue weighted by atomic mass is 32.2. The second kappa shape index (κ2) is 6.23. The van der Waals surface area contributed by atoms with Gasteiger partial charge in [-0.15, -0.1) is 23.3 Å². The van der Waals surface area contributed by atoms with Crippen molar-refractivity contribution in [3.8, 4) is 12.3 Å². The SMILES string of the molecule is C#CCn1nnnc1SCC1=C(C(=O)O)N2C(=O)C(N)[C@H]2SC1. The molecule has 2 atom stereocenters. The van der Waals surface area contributed by atoms with Crippen LogP contribution in [0, 0.1) is 12.3 Å². The zero-order valence-corrected chi connectivity index (χ0v) is 13.4. The van der Waals surface area contributed by atoms with E-state index >= 15 is 0 Å². The molecule has 9 nitrogen and oxygen atoms in total. The van der Waals surface area contributed by atoms with Crippen LogP contribution in [-0.4, -0.2) is 65.0 Å². The molecule has 3 N–H and O–H groups in total. The first-order valence-electron chi connectivity index (χ1n) is 6.52. The van der Waals surface area contributed by atoms with Gasteiger partial charge in [-0.25, -0.2) is 9.48 Å². The number of nitrogens with zero attached hydrogens (tertiary/aromatic N) is 5. The van der Waals surface area contributed by atoms with E-state index in [2.05, 4.69) is 21.4 Å². The summed E-state index contributed by atoms with van der Waals surface area (Å²) in [5.41, 5.74) is 6.36. The zero-order valence-electron chi connectivity index (χ0n) is 11.7. The molecule has 2 aliphatic rings. The number of tetrazole rings is 1. The van der Waals surface area contributed by atoms with E-state index in [-0.39, 0.29) is 23.5 Å². The summed E-state index contributed by atoms with van der Waals surface area (Å²) in [5, 5.41) is 20.8. The molecule has 1 aromatic heterocycles. The third-order valence-corrected chi connectivity index (χ3v) is 5.81. The summed E-state index contributed by atoms with van der Waals surface area (Å²) in [6, 6.07) is -0.633. The fourth-order valence-electron chi connectivity index (χ4n) is 2.33. The lowest BCUT2D eigenvalue weighted by Crippen LogP contribution is -2.68. The Hall–Kier alpha value is -2.03. The van der Waals surface area contributed by atoms with Crippen LogP contribution in [0.5, 0.6) is 0 Å². The van der Waals surface area contributed by atoms with Crippen molar-refractivity contribution in [1.82, 2.24) is 25.1 Å². The van der Waals surface area contributed by atoms with Crippen molar-refractivity contribution in [2.45, 2.75) is 23.1 Å². The molecule has 0 radical (unpaired) electrons. The summed E-state index contributed by atoms with van der Waals surface area (Å²) in [7, 11) is 0. The van der Waals surface area contributed by atoms with Crippen LogP contribution in [0.4, 0.5) is 0 Å². The Bertz CT molecular complexity index is 739. The summed E-state index contributed by atoms with van der Waals surface area (Å²) >= 11 is 2.74. The predicted octanol–water partition coefficient (Wildman–Crippen LogP) is -1.02. The van der Waals surface area contributed by atoms with Crippen molar-refractivity contribution < 1.29 is 14.7 Å². The van der Waals surface area contributed by atoms with E-state index in [0.717, 1.165) is 0 Å². The van der Waals surface area contributed by atoms with Gasteiger partial charge in [0.25, 0.3) is 0 Å². The Balaban J connectivity index is 1.80. The number of β-lactam (4-membered cyclic amide) rings is 1. The highest BCUT2D eigenvalue weighted by Gasteiger charge is 2.51. The minimum Gasteiger partial charge on any atom is -0.477 e. The van der Waals surface area contributed by atoms with Crippen LogP contribution in [-0.2, 0) is 16.1 Å². The quantitative estimate of drug-likeness (QED) is 0.389. The van der Waals surface area contributed by atoms with E-state index in [1.807, 2.05) is 0 Å². The molecule has 0 aliphatic carbocycles. The highest BCUT2D eigenvalue weighted by molar-refractivity contribution is 8.01. The van der Waals surface area contributed by atoms with Crippen molar-refractivity contribution in [2.24, 2.45) is 5.73 Å². The van der Waals surface area contributed by atoms with E-state index in [1.54, 1.807) is 0 Å². The number of carboxylic acids is 1. The van der Waals surface area contributed by atoms with Gasteiger partial charge in [0, 0.05) is 11.5 Å². The number of aromatic nitrogens is 4. The molecule has 1 aromatic rings. The van der Waals surface area contributed by atoms with Gasteiger partial charge in [0.2, 0.25) is 11.1 Å². The molecule has 23 heavy (non-hydrogen) atoms. The number of carbonyl (C=O) groups is 2. The van der Waals surface area contributed by atoms with E-state index in [0.29, 0.717) is 22.2 Å². The Kier molecular flexibility index (Phi) is 4.29. The van der Waals surface area contributed by atoms with Gasteiger partial charge in [-0.05, 0) is 16.0 Å². The van der Waals surface area contributed by atoms with Gasteiger partial charge in [0.05, 0.1) is 0 Å². The molecule has 1 saturated heterocycles. The summed E-state index contributed by atoms with van der Waals surface area (Å²) in [6.07, 6.45) is 5.24. The van der Waals surface area contributed by atoms with Gasteiger partial charge in [-0.3, -0.25) is 9.69 Å². The molecule has 0 spiro atoms. The topological polar surface area (TPSA) is 127 Å². The molecular formula is C12H12N6O3S2. The number of carbonyl (C=O) groups excluding carboxylic acids is 1. The van der Waals surface area contributed by atoms with Crippen molar-refractivity contribution in [1.29, 1.82) is 0 Å². The highest BCUT2D eigenvalue weighted by Crippen LogP contribution is 2.40. The second-order valence-electron chi connectivity index (χ2n) is 4.80. The van der Waals surface area contributed by atoms with Crippen molar-refractivity contribution in [3.05, 3.63) is 11.3 Å². The van der Waals surface area contributed by atoms with Crippen LogP contribution in [0.15, 0.2) is 16.4 Å². The number of nitrogens with two attached hydrogens (primary N) is 1. The Morgan fingerprint density at radius 1 is 1.61 bits per heavy atom. The molecule has 1 amide bonds. The molecule has 0 bridgehead atoms. The van der Waals surface area contributed by atoms with Crippen LogP contribution < -0.4 is 5.73 Å². The van der Waals surface area contributed by atoms with Gasteiger partial charge in [0.15, 0.2) is 0 Å². The molecular weight excluding hydrogens is 340 g/mol. The summed E-state index contributed by atoms with van der Waals surface area (Å²) in [4.78, 5) is 24.7. The third-order valence-electron chi connectivity index (χ3n) is 3.41. The maximum absolute atomic E-state index is 11.9. The fourth-order valence-corrected chi connectivity index (χ4v) is 4.64. The Labute approximate surface area is 139 Å². The number of terminal acetylenes is 1. The van der Waals surface area contributed by atoms with Crippen molar-refractivity contribution >= 4 is 35.4 Å². The minimum absolute atomic E-state index is 0.0175. The first-order chi connectivity index (χ1) is 11.0. The average Bonchev–Trinajstić information content (AvgIpc) is 2.98. The number of fused-ring (bicyclic) bond motifs is 1. The summed E-state index contributed by atoms with van der Waals surface area (Å²) in [6.45, 7) is 0.233. The standard InChI is InChI=1S/C12H12N6O3S2/c1-2-3-17-12(14-15-16-17)23-5-6-4-22-10-7(13)9(19)18(10)8(6)11(20)21/h1,7,10H,3-5,13H2,(H,20,21)/t7?,10-/m1/s1. The zero-order chi connectivity index (χ0) is 16.6. The lowest BCUT2D eigenvalue weighted by molar-refractivity contribution is -0.147. The number of hydrogen-bond acceptors (Lipinski definition) is 8.